The second-order valence-corrected chi connectivity index (χ2v) is 4.49. The van der Waals surface area contributed by atoms with Crippen LogP contribution in [0.15, 0.2) is 38.9 Å². The predicted octanol–water partition coefficient (Wildman–Crippen LogP) is 1.06. The minimum atomic E-state index is -0.588. The maximum atomic E-state index is 11.4. The Bertz CT molecular complexity index is 633. The van der Waals surface area contributed by atoms with Gasteiger partial charge in [0.2, 0.25) is 0 Å². The van der Waals surface area contributed by atoms with Gasteiger partial charge in [0.1, 0.15) is 0 Å². The molecule has 2 N–H and O–H groups in total. The van der Waals surface area contributed by atoms with Gasteiger partial charge in [0.05, 0.1) is 0 Å². The number of H-pyrrole nitrogens is 2. The van der Waals surface area contributed by atoms with Crippen molar-refractivity contribution in [2.75, 3.05) is 0 Å². The van der Waals surface area contributed by atoms with E-state index in [1.807, 2.05) is 31.2 Å². The lowest BCUT2D eigenvalue weighted by atomic mass is 10.1. The van der Waals surface area contributed by atoms with Gasteiger partial charge in [0.15, 0.2) is 5.03 Å². The van der Waals surface area contributed by atoms with Gasteiger partial charge in [0, 0.05) is 5.75 Å². The zero-order chi connectivity index (χ0) is 12.3. The highest BCUT2D eigenvalue weighted by Crippen LogP contribution is 2.19. The molecule has 0 atom stereocenters. The fourth-order valence-corrected chi connectivity index (χ4v) is 2.26. The molecule has 0 fully saturated rings. The van der Waals surface area contributed by atoms with E-state index in [9.17, 15) is 9.59 Å². The normalized spacial score (nSPS) is 10.4. The summed E-state index contributed by atoms with van der Waals surface area (Å²) in [5.74, 6) is 0.648. The summed E-state index contributed by atoms with van der Waals surface area (Å²) < 4.78 is 0. The van der Waals surface area contributed by atoms with E-state index in [4.69, 9.17) is 0 Å². The van der Waals surface area contributed by atoms with E-state index in [0.717, 1.165) is 5.56 Å². The highest BCUT2D eigenvalue weighted by Gasteiger charge is 2.04. The average Bonchev–Trinajstić information content (AvgIpc) is 2.30. The van der Waals surface area contributed by atoms with Gasteiger partial charge in [-0.3, -0.25) is 9.78 Å². The highest BCUT2D eigenvalue weighted by molar-refractivity contribution is 7.98. The van der Waals surface area contributed by atoms with E-state index in [-0.39, 0.29) is 5.03 Å². The van der Waals surface area contributed by atoms with Crippen LogP contribution in [0.1, 0.15) is 11.1 Å². The number of aromatic amines is 2. The smallest absolute Gasteiger partial charge is 0.271 e. The summed E-state index contributed by atoms with van der Waals surface area (Å²) in [4.78, 5) is 24.3. The lowest BCUT2D eigenvalue weighted by Crippen LogP contribution is -2.24. The van der Waals surface area contributed by atoms with Crippen LogP contribution in [-0.2, 0) is 5.75 Å². The van der Waals surface area contributed by atoms with Gasteiger partial charge in [-0.25, -0.2) is 9.89 Å². The van der Waals surface area contributed by atoms with Crippen LogP contribution < -0.4 is 11.2 Å². The molecule has 0 amide bonds. The summed E-state index contributed by atoms with van der Waals surface area (Å²) in [5, 5.41) is 6.19. The van der Waals surface area contributed by atoms with Crippen LogP contribution in [0.25, 0.3) is 0 Å². The number of benzene rings is 1. The van der Waals surface area contributed by atoms with Gasteiger partial charge in [-0.15, -0.1) is 0 Å². The van der Waals surface area contributed by atoms with Crippen LogP contribution in [0.5, 0.6) is 0 Å². The number of rotatable bonds is 3. The van der Waals surface area contributed by atoms with Crippen molar-refractivity contribution in [2.45, 2.75) is 17.7 Å². The number of thioether (sulfide) groups is 1. The number of aromatic nitrogens is 3. The largest absolute Gasteiger partial charge is 0.342 e. The van der Waals surface area contributed by atoms with E-state index in [0.29, 0.717) is 5.75 Å². The Balaban J connectivity index is 2.16. The first-order valence-corrected chi connectivity index (χ1v) is 6.01. The van der Waals surface area contributed by atoms with Gasteiger partial charge in [0.25, 0.3) is 5.56 Å². The molecule has 6 heteroatoms. The summed E-state index contributed by atoms with van der Waals surface area (Å²) >= 11 is 1.30. The number of aryl methyl sites for hydroxylation is 1. The molecule has 0 bridgehead atoms. The third-order valence-electron chi connectivity index (χ3n) is 2.31. The molecule has 0 aliphatic heterocycles. The molecule has 0 saturated carbocycles. The van der Waals surface area contributed by atoms with E-state index in [1.54, 1.807) is 0 Å². The molecule has 0 unspecified atom stereocenters. The Morgan fingerprint density at radius 3 is 2.76 bits per heavy atom. The standard InChI is InChI=1S/C11H11N3O2S/c1-7-4-2-3-5-8(7)6-17-10-9(15)12-11(16)14-13-10/h2-5H,6H2,1H3,(H2,12,14,15,16). The molecule has 0 radical (unpaired) electrons. The molecule has 88 valence electrons. The van der Waals surface area contributed by atoms with Gasteiger partial charge in [-0.1, -0.05) is 36.0 Å². The van der Waals surface area contributed by atoms with Crippen LogP contribution in [-0.4, -0.2) is 15.2 Å². The number of hydrogen-bond acceptors (Lipinski definition) is 4. The van der Waals surface area contributed by atoms with E-state index >= 15 is 0 Å². The molecule has 0 aliphatic rings. The number of hydrogen-bond donors (Lipinski definition) is 2. The Hall–Kier alpha value is -1.82. The van der Waals surface area contributed by atoms with E-state index in [1.165, 1.54) is 17.3 Å². The summed E-state index contributed by atoms with van der Waals surface area (Å²) in [6.07, 6.45) is 0. The monoisotopic (exact) mass is 249 g/mol. The summed E-state index contributed by atoms with van der Waals surface area (Å²) in [6.45, 7) is 2.01. The number of nitrogens with one attached hydrogen (secondary N) is 2. The van der Waals surface area contributed by atoms with Crippen molar-refractivity contribution in [1.82, 2.24) is 15.2 Å². The van der Waals surface area contributed by atoms with Crippen molar-refractivity contribution in [3.05, 3.63) is 56.2 Å². The fourth-order valence-electron chi connectivity index (χ4n) is 1.35. The van der Waals surface area contributed by atoms with Crippen LogP contribution in [0, 0.1) is 6.92 Å². The topological polar surface area (TPSA) is 78.6 Å². The summed E-state index contributed by atoms with van der Waals surface area (Å²) in [7, 11) is 0. The fraction of sp³-hybridized carbons (Fsp3) is 0.182. The maximum absolute atomic E-state index is 11.4. The van der Waals surface area contributed by atoms with Crippen LogP contribution in [0.3, 0.4) is 0 Å². The molecule has 0 aliphatic carbocycles. The van der Waals surface area contributed by atoms with Crippen molar-refractivity contribution < 1.29 is 0 Å². The van der Waals surface area contributed by atoms with Gasteiger partial charge >= 0.3 is 5.69 Å². The minimum Gasteiger partial charge on any atom is -0.271 e. The van der Waals surface area contributed by atoms with Crippen LogP contribution in [0.4, 0.5) is 0 Å². The molecule has 1 heterocycles. The summed E-state index contributed by atoms with van der Waals surface area (Å²) in [5.41, 5.74) is 1.27. The molecule has 2 aromatic rings. The molecular weight excluding hydrogens is 238 g/mol. The molecule has 5 nitrogen and oxygen atoms in total. The first-order chi connectivity index (χ1) is 8.16. The Labute approximate surface area is 101 Å². The summed E-state index contributed by atoms with van der Waals surface area (Å²) in [6, 6.07) is 7.94. The third-order valence-corrected chi connectivity index (χ3v) is 3.31. The predicted molar refractivity (Wildman–Crippen MR) is 66.2 cm³/mol. The Morgan fingerprint density at radius 2 is 2.06 bits per heavy atom. The first kappa shape index (κ1) is 11.7. The second-order valence-electron chi connectivity index (χ2n) is 3.53. The second kappa shape index (κ2) is 5.01. The average molecular weight is 249 g/mol. The van der Waals surface area contributed by atoms with Crippen molar-refractivity contribution in [2.24, 2.45) is 0 Å². The molecule has 2 rings (SSSR count). The number of nitrogens with zero attached hydrogens (tertiary/aromatic N) is 1. The molecule has 1 aromatic heterocycles. The SMILES string of the molecule is Cc1ccccc1CSc1n[nH]c(=O)[nH]c1=O. The maximum Gasteiger partial charge on any atom is 0.342 e. The van der Waals surface area contributed by atoms with Gasteiger partial charge in [-0.05, 0) is 18.1 Å². The lowest BCUT2D eigenvalue weighted by Gasteiger charge is -2.03. The van der Waals surface area contributed by atoms with Gasteiger partial charge in [-0.2, -0.15) is 5.10 Å². The zero-order valence-corrected chi connectivity index (χ0v) is 10.0. The molecule has 0 spiro atoms. The first-order valence-electron chi connectivity index (χ1n) is 5.03. The zero-order valence-electron chi connectivity index (χ0n) is 9.19. The highest BCUT2D eigenvalue weighted by atomic mass is 32.2. The third kappa shape index (κ3) is 2.85. The van der Waals surface area contributed by atoms with Crippen molar-refractivity contribution in [3.8, 4) is 0 Å². The molecule has 17 heavy (non-hydrogen) atoms. The van der Waals surface area contributed by atoms with Crippen molar-refractivity contribution in [1.29, 1.82) is 0 Å². The molecule has 0 saturated heterocycles. The molecular formula is C11H11N3O2S. The Kier molecular flexibility index (Phi) is 3.43. The van der Waals surface area contributed by atoms with Gasteiger partial charge < -0.3 is 0 Å². The Morgan fingerprint density at radius 1 is 1.29 bits per heavy atom. The quantitative estimate of drug-likeness (QED) is 0.797. The van der Waals surface area contributed by atoms with Crippen LogP contribution >= 0.6 is 11.8 Å². The van der Waals surface area contributed by atoms with Crippen molar-refractivity contribution >= 4 is 11.8 Å². The van der Waals surface area contributed by atoms with E-state index < -0.39 is 11.2 Å². The molecule has 1 aromatic carbocycles. The van der Waals surface area contributed by atoms with Crippen molar-refractivity contribution in [3.63, 3.8) is 0 Å². The van der Waals surface area contributed by atoms with Crippen LogP contribution in [0.2, 0.25) is 0 Å². The lowest BCUT2D eigenvalue weighted by molar-refractivity contribution is 0.807. The van der Waals surface area contributed by atoms with E-state index in [2.05, 4.69) is 15.2 Å². The minimum absolute atomic E-state index is 0.271.